The number of hydrogen-bond donors (Lipinski definition) is 2. The van der Waals surface area contributed by atoms with Crippen LogP contribution in [0.4, 0.5) is 4.79 Å². The molecule has 1 saturated carbocycles. The molecule has 1 aliphatic carbocycles. The fraction of sp³-hybridized carbons (Fsp3) is 0.619. The summed E-state index contributed by atoms with van der Waals surface area (Å²) in [7, 11) is 2.03. The van der Waals surface area contributed by atoms with E-state index in [1.165, 1.54) is 30.3 Å². The third kappa shape index (κ3) is 4.25. The zero-order valence-corrected chi connectivity index (χ0v) is 17.5. The molecule has 2 aliphatic rings. The van der Waals surface area contributed by atoms with Gasteiger partial charge in [-0.15, -0.1) is 0 Å². The third-order valence-corrected chi connectivity index (χ3v) is 6.75. The van der Waals surface area contributed by atoms with Crippen molar-refractivity contribution in [1.29, 1.82) is 0 Å². The number of carbonyl (C=O) groups excluding carboxylic acids is 1. The van der Waals surface area contributed by atoms with E-state index < -0.39 is 0 Å². The molecule has 1 aromatic heterocycles. The van der Waals surface area contributed by atoms with Crippen molar-refractivity contribution in [2.75, 3.05) is 13.1 Å². The van der Waals surface area contributed by atoms with Gasteiger partial charge in [-0.05, 0) is 50.0 Å². The molecule has 1 aromatic carbocycles. The summed E-state index contributed by atoms with van der Waals surface area (Å²) >= 11 is 5.65. The van der Waals surface area contributed by atoms with E-state index in [1.807, 2.05) is 7.05 Å². The van der Waals surface area contributed by atoms with Gasteiger partial charge in [0.25, 0.3) is 0 Å². The second-order valence-electron chi connectivity index (χ2n) is 8.24. The molecule has 2 aromatic rings. The number of carbonyl (C=O) groups is 1. The Bertz CT molecular complexity index is 875. The Balaban J connectivity index is 1.29. The molecule has 2 heterocycles. The van der Waals surface area contributed by atoms with Gasteiger partial charge in [0.2, 0.25) is 0 Å². The molecule has 1 saturated heterocycles. The monoisotopic (exact) mass is 401 g/mol. The number of likely N-dealkylation sites (tertiary alicyclic amines) is 1. The van der Waals surface area contributed by atoms with E-state index in [9.17, 15) is 4.79 Å². The Hall–Kier alpha value is -1.86. The Labute approximate surface area is 171 Å². The lowest BCUT2D eigenvalue weighted by Crippen LogP contribution is -2.50. The van der Waals surface area contributed by atoms with Crippen LogP contribution in [0.2, 0.25) is 0 Å². The minimum absolute atomic E-state index is 0.0154. The van der Waals surface area contributed by atoms with Gasteiger partial charge in [0.1, 0.15) is 0 Å². The normalized spacial score (nSPS) is 19.8. The van der Waals surface area contributed by atoms with Gasteiger partial charge in [0.05, 0.1) is 17.7 Å². The molecule has 2 amide bonds. The first kappa shape index (κ1) is 19.5. The van der Waals surface area contributed by atoms with E-state index in [0.717, 1.165) is 50.2 Å². The maximum absolute atomic E-state index is 12.3. The molecular weight excluding hydrogens is 370 g/mol. The summed E-state index contributed by atoms with van der Waals surface area (Å²) in [5.74, 6) is 0. The van der Waals surface area contributed by atoms with Gasteiger partial charge in [0.15, 0.2) is 4.77 Å². The topological polar surface area (TPSA) is 54.2 Å². The van der Waals surface area contributed by atoms with Crippen molar-refractivity contribution < 1.29 is 4.79 Å². The van der Waals surface area contributed by atoms with Gasteiger partial charge in [-0.1, -0.05) is 31.4 Å². The quantitative estimate of drug-likeness (QED) is 0.767. The van der Waals surface area contributed by atoms with E-state index in [-0.39, 0.29) is 12.1 Å². The smallest absolute Gasteiger partial charge is 0.315 e. The zero-order valence-electron chi connectivity index (χ0n) is 16.7. The van der Waals surface area contributed by atoms with Gasteiger partial charge in [-0.25, -0.2) is 4.79 Å². The molecule has 6 nitrogen and oxygen atoms in total. The minimum Gasteiger partial charge on any atom is -0.335 e. The largest absolute Gasteiger partial charge is 0.335 e. The highest BCUT2D eigenvalue weighted by molar-refractivity contribution is 7.71. The molecule has 0 atom stereocenters. The predicted molar refractivity (Wildman–Crippen MR) is 115 cm³/mol. The lowest BCUT2D eigenvalue weighted by atomic mass is 9.96. The third-order valence-electron chi connectivity index (χ3n) is 6.26. The van der Waals surface area contributed by atoms with Crippen LogP contribution in [-0.2, 0) is 13.7 Å². The van der Waals surface area contributed by atoms with Crippen molar-refractivity contribution in [2.24, 2.45) is 7.05 Å². The number of fused-ring (bicyclic) bond motifs is 1. The van der Waals surface area contributed by atoms with Gasteiger partial charge < -0.3 is 19.8 Å². The van der Waals surface area contributed by atoms with Crippen LogP contribution in [0.1, 0.15) is 44.9 Å². The molecular formula is C21H31N5OS. The van der Waals surface area contributed by atoms with Crippen LogP contribution in [0.25, 0.3) is 11.0 Å². The van der Waals surface area contributed by atoms with Crippen LogP contribution in [0.15, 0.2) is 24.3 Å². The fourth-order valence-electron chi connectivity index (χ4n) is 4.58. The highest BCUT2D eigenvalue weighted by Crippen LogP contribution is 2.20. The van der Waals surface area contributed by atoms with Crippen molar-refractivity contribution in [1.82, 2.24) is 24.7 Å². The van der Waals surface area contributed by atoms with Crippen LogP contribution in [0.3, 0.4) is 0 Å². The lowest BCUT2D eigenvalue weighted by molar-refractivity contribution is 0.159. The summed E-state index contributed by atoms with van der Waals surface area (Å²) in [6.45, 7) is 2.75. The number of para-hydroxylation sites is 2. The number of nitrogens with one attached hydrogen (secondary N) is 2. The van der Waals surface area contributed by atoms with Crippen LogP contribution in [-0.4, -0.2) is 45.2 Å². The Morgan fingerprint density at radius 3 is 2.29 bits per heavy atom. The predicted octanol–water partition coefficient (Wildman–Crippen LogP) is 3.76. The Kier molecular flexibility index (Phi) is 6.01. The van der Waals surface area contributed by atoms with Gasteiger partial charge in [-0.3, -0.25) is 4.90 Å². The maximum Gasteiger partial charge on any atom is 0.315 e. The van der Waals surface area contributed by atoms with Crippen molar-refractivity contribution in [3.8, 4) is 0 Å². The van der Waals surface area contributed by atoms with Crippen LogP contribution in [0.5, 0.6) is 0 Å². The molecule has 4 rings (SSSR count). The highest BCUT2D eigenvalue weighted by atomic mass is 32.1. The number of rotatable bonds is 4. The number of nitrogens with zero attached hydrogens (tertiary/aromatic N) is 3. The Morgan fingerprint density at radius 2 is 1.61 bits per heavy atom. The minimum atomic E-state index is 0.0154. The zero-order chi connectivity index (χ0) is 19.5. The maximum atomic E-state index is 12.3. The molecule has 28 heavy (non-hydrogen) atoms. The molecule has 1 aliphatic heterocycles. The number of benzene rings is 1. The SMILES string of the molecule is Cn1c(=S)n(CN2CCC(NC(=O)NC3CCCCC3)CC2)c2ccccc21. The first-order valence-corrected chi connectivity index (χ1v) is 11.0. The molecule has 2 N–H and O–H groups in total. The van der Waals surface area contributed by atoms with E-state index in [1.54, 1.807) is 0 Å². The van der Waals surface area contributed by atoms with E-state index in [2.05, 4.69) is 48.9 Å². The van der Waals surface area contributed by atoms with E-state index in [0.29, 0.717) is 6.04 Å². The van der Waals surface area contributed by atoms with Crippen LogP contribution in [0, 0.1) is 4.77 Å². The summed E-state index contributed by atoms with van der Waals surface area (Å²) < 4.78 is 5.15. The molecule has 0 spiro atoms. The summed E-state index contributed by atoms with van der Waals surface area (Å²) in [6.07, 6.45) is 7.99. The average molecular weight is 402 g/mol. The first-order valence-electron chi connectivity index (χ1n) is 10.6. The number of urea groups is 1. The van der Waals surface area contributed by atoms with Gasteiger partial charge >= 0.3 is 6.03 Å². The van der Waals surface area contributed by atoms with Gasteiger partial charge in [-0.2, -0.15) is 0 Å². The summed E-state index contributed by atoms with van der Waals surface area (Å²) in [4.78, 5) is 14.7. The Morgan fingerprint density at radius 1 is 1.00 bits per heavy atom. The number of imidazole rings is 1. The molecule has 152 valence electrons. The highest BCUT2D eigenvalue weighted by Gasteiger charge is 2.23. The summed E-state index contributed by atoms with van der Waals surface area (Å²) in [5.41, 5.74) is 2.35. The van der Waals surface area contributed by atoms with Crippen LogP contribution >= 0.6 is 12.2 Å². The van der Waals surface area contributed by atoms with Crippen molar-refractivity contribution in [3.63, 3.8) is 0 Å². The van der Waals surface area contributed by atoms with Crippen molar-refractivity contribution >= 4 is 29.3 Å². The average Bonchev–Trinajstić information content (AvgIpc) is 2.95. The molecule has 0 unspecified atom stereocenters. The van der Waals surface area contributed by atoms with Crippen molar-refractivity contribution in [3.05, 3.63) is 29.0 Å². The fourth-order valence-corrected chi connectivity index (χ4v) is 4.83. The summed E-state index contributed by atoms with van der Waals surface area (Å²) in [5, 5.41) is 6.35. The van der Waals surface area contributed by atoms with E-state index >= 15 is 0 Å². The number of piperidine rings is 1. The first-order chi connectivity index (χ1) is 13.6. The van der Waals surface area contributed by atoms with Crippen LogP contribution < -0.4 is 10.6 Å². The van der Waals surface area contributed by atoms with Gasteiger partial charge in [0, 0.05) is 32.2 Å². The molecule has 0 bridgehead atoms. The lowest BCUT2D eigenvalue weighted by Gasteiger charge is -2.33. The van der Waals surface area contributed by atoms with E-state index in [4.69, 9.17) is 12.2 Å². The summed E-state index contributed by atoms with van der Waals surface area (Å²) in [6, 6.07) is 9.01. The molecule has 2 fully saturated rings. The second kappa shape index (κ2) is 8.66. The number of aryl methyl sites for hydroxylation is 1. The number of hydrogen-bond acceptors (Lipinski definition) is 3. The molecule has 7 heteroatoms. The number of amides is 2. The van der Waals surface area contributed by atoms with Crippen molar-refractivity contribution in [2.45, 2.75) is 63.7 Å². The number of aromatic nitrogens is 2. The standard InChI is InChI=1S/C21H31N5OS/c1-24-18-9-5-6-10-19(18)26(21(24)28)15-25-13-11-17(12-14-25)23-20(27)22-16-7-3-2-4-8-16/h5-6,9-10,16-17H,2-4,7-8,11-15H2,1H3,(H2,22,23,27). The second-order valence-corrected chi connectivity index (χ2v) is 8.61. The molecule has 0 radical (unpaired) electrons.